The van der Waals surface area contributed by atoms with E-state index >= 15 is 0 Å². The zero-order chi connectivity index (χ0) is 19.3. The maximum Gasteiger partial charge on any atom is 0.191 e. The first-order chi connectivity index (χ1) is 13.8. The van der Waals surface area contributed by atoms with Gasteiger partial charge in [0.15, 0.2) is 5.78 Å². The van der Waals surface area contributed by atoms with Crippen molar-refractivity contribution in [3.8, 4) is 5.75 Å². The molecule has 140 valence electrons. The van der Waals surface area contributed by atoms with Gasteiger partial charge in [-0.3, -0.25) is 9.78 Å². The van der Waals surface area contributed by atoms with Crippen molar-refractivity contribution in [3.63, 3.8) is 0 Å². The van der Waals surface area contributed by atoms with Crippen LogP contribution < -0.4 is 10.1 Å². The van der Waals surface area contributed by atoms with Crippen LogP contribution in [0.15, 0.2) is 79.3 Å². The number of para-hydroxylation sites is 1. The molecule has 0 fully saturated rings. The van der Waals surface area contributed by atoms with Crippen LogP contribution in [-0.2, 0) is 0 Å². The van der Waals surface area contributed by atoms with Gasteiger partial charge in [-0.05, 0) is 18.6 Å². The molecule has 5 nitrogen and oxygen atoms in total. The van der Waals surface area contributed by atoms with Gasteiger partial charge in [0.1, 0.15) is 11.8 Å². The Morgan fingerprint density at radius 2 is 1.89 bits per heavy atom. The molecule has 0 radical (unpaired) electrons. The Kier molecular flexibility index (Phi) is 5.06. The molecule has 0 spiro atoms. The number of nitrogens with zero attached hydrogens (tertiary/aromatic N) is 1. The molecule has 4 rings (SSSR count). The van der Waals surface area contributed by atoms with Crippen molar-refractivity contribution in [1.82, 2.24) is 9.97 Å². The molecule has 1 unspecified atom stereocenters. The molecule has 1 atom stereocenters. The number of carbonyl (C=O) groups excluding carboxylic acids is 1. The number of Topliss-reactive ketones (excluding diaryl/α,β-unsaturated/α-hetero) is 1. The first-order valence-electron chi connectivity index (χ1n) is 9.26. The number of hydrogen-bond donors (Lipinski definition) is 2. The zero-order valence-electron chi connectivity index (χ0n) is 15.6. The lowest BCUT2D eigenvalue weighted by Gasteiger charge is -2.19. The minimum absolute atomic E-state index is 0.00883. The smallest absolute Gasteiger partial charge is 0.191 e. The van der Waals surface area contributed by atoms with Gasteiger partial charge in [0.25, 0.3) is 0 Å². The lowest BCUT2D eigenvalue weighted by atomic mass is 9.97. The van der Waals surface area contributed by atoms with Crippen LogP contribution in [0.2, 0.25) is 0 Å². The Morgan fingerprint density at radius 1 is 1.11 bits per heavy atom. The summed E-state index contributed by atoms with van der Waals surface area (Å²) < 4.78 is 5.53. The first kappa shape index (κ1) is 17.8. The van der Waals surface area contributed by atoms with Gasteiger partial charge in [-0.1, -0.05) is 48.5 Å². The summed E-state index contributed by atoms with van der Waals surface area (Å²) in [5.74, 6) is 0.657. The number of H-pyrrole nitrogens is 1. The lowest BCUT2D eigenvalue weighted by Crippen LogP contribution is -2.21. The summed E-state index contributed by atoms with van der Waals surface area (Å²) in [6, 6.07) is 18.8. The predicted molar refractivity (Wildman–Crippen MR) is 111 cm³/mol. The summed E-state index contributed by atoms with van der Waals surface area (Å²) in [6.07, 6.45) is 5.13. The van der Waals surface area contributed by atoms with Crippen LogP contribution >= 0.6 is 0 Å². The molecule has 0 aliphatic heterocycles. The Bertz CT molecular complexity index is 1090. The van der Waals surface area contributed by atoms with Crippen LogP contribution in [0.3, 0.4) is 0 Å². The molecule has 5 heteroatoms. The number of anilines is 1. The molecule has 2 heterocycles. The Morgan fingerprint density at radius 3 is 2.71 bits per heavy atom. The van der Waals surface area contributed by atoms with Crippen molar-refractivity contribution in [2.75, 3.05) is 11.9 Å². The van der Waals surface area contributed by atoms with Gasteiger partial charge < -0.3 is 15.0 Å². The quantitative estimate of drug-likeness (QED) is 0.449. The Hall–Kier alpha value is -3.60. The summed E-state index contributed by atoms with van der Waals surface area (Å²) in [5, 5.41) is 4.25. The zero-order valence-corrected chi connectivity index (χ0v) is 15.6. The van der Waals surface area contributed by atoms with E-state index in [9.17, 15) is 4.79 Å². The first-order valence-corrected chi connectivity index (χ1v) is 9.26. The van der Waals surface area contributed by atoms with Crippen LogP contribution in [0.1, 0.15) is 28.9 Å². The summed E-state index contributed by atoms with van der Waals surface area (Å²) in [6.45, 7) is 2.48. The second-order valence-electron chi connectivity index (χ2n) is 6.44. The number of nitrogens with one attached hydrogen (secondary N) is 2. The average molecular weight is 371 g/mol. The van der Waals surface area contributed by atoms with Crippen molar-refractivity contribution < 1.29 is 9.53 Å². The van der Waals surface area contributed by atoms with Crippen molar-refractivity contribution in [2.24, 2.45) is 0 Å². The highest BCUT2D eigenvalue weighted by Gasteiger charge is 2.24. The molecule has 2 aromatic heterocycles. The van der Waals surface area contributed by atoms with E-state index in [1.165, 1.54) is 0 Å². The number of rotatable bonds is 7. The molecule has 0 amide bonds. The number of ether oxygens (including phenoxy) is 1. The highest BCUT2D eigenvalue weighted by molar-refractivity contribution is 6.11. The Balaban J connectivity index is 1.72. The minimum atomic E-state index is -0.543. The van der Waals surface area contributed by atoms with Crippen molar-refractivity contribution in [3.05, 3.63) is 90.4 Å². The second kappa shape index (κ2) is 7.96. The van der Waals surface area contributed by atoms with Crippen LogP contribution in [0.5, 0.6) is 5.75 Å². The number of aromatic nitrogens is 2. The Labute approximate surface area is 163 Å². The maximum absolute atomic E-state index is 13.5. The van der Waals surface area contributed by atoms with E-state index in [1.54, 1.807) is 18.6 Å². The topological polar surface area (TPSA) is 67.0 Å². The molecule has 0 aliphatic carbocycles. The van der Waals surface area contributed by atoms with E-state index < -0.39 is 6.04 Å². The number of fused-ring (bicyclic) bond motifs is 1. The second-order valence-corrected chi connectivity index (χ2v) is 6.44. The molecule has 2 N–H and O–H groups in total. The van der Waals surface area contributed by atoms with Crippen LogP contribution in [-0.4, -0.2) is 22.4 Å². The maximum atomic E-state index is 13.5. The molecule has 0 saturated carbocycles. The van der Waals surface area contributed by atoms with Gasteiger partial charge in [-0.15, -0.1) is 0 Å². The van der Waals surface area contributed by atoms with Crippen molar-refractivity contribution in [1.29, 1.82) is 0 Å². The number of aromatic amines is 1. The van der Waals surface area contributed by atoms with E-state index in [4.69, 9.17) is 4.74 Å². The largest absolute Gasteiger partial charge is 0.492 e. The van der Waals surface area contributed by atoms with Gasteiger partial charge in [-0.2, -0.15) is 0 Å². The SMILES string of the molecule is CCOc1cncc(NC(C(=O)c2c[nH]c3ccccc23)c2ccccc2)c1. The van der Waals surface area contributed by atoms with Gasteiger partial charge in [-0.25, -0.2) is 0 Å². The third-order valence-electron chi connectivity index (χ3n) is 4.58. The molecule has 0 aliphatic rings. The van der Waals surface area contributed by atoms with Crippen LogP contribution in [0.4, 0.5) is 5.69 Å². The summed E-state index contributed by atoms with van der Waals surface area (Å²) in [5.41, 5.74) is 3.22. The molecular weight excluding hydrogens is 350 g/mol. The fraction of sp³-hybridized carbons (Fsp3) is 0.130. The standard InChI is InChI=1S/C23H21N3O2/c1-2-28-18-12-17(13-24-14-18)26-22(16-8-4-3-5-9-16)23(27)20-15-25-21-11-7-6-10-19(20)21/h3-15,22,25-26H,2H2,1H3. The normalized spacial score (nSPS) is 11.9. The molecule has 2 aromatic carbocycles. The number of benzene rings is 2. The summed E-state index contributed by atoms with van der Waals surface area (Å²) in [7, 11) is 0. The molecule has 28 heavy (non-hydrogen) atoms. The lowest BCUT2D eigenvalue weighted by molar-refractivity contribution is 0.0971. The van der Waals surface area contributed by atoms with Crippen molar-refractivity contribution in [2.45, 2.75) is 13.0 Å². The van der Waals surface area contributed by atoms with Gasteiger partial charge in [0, 0.05) is 28.7 Å². The highest BCUT2D eigenvalue weighted by atomic mass is 16.5. The third kappa shape index (κ3) is 3.60. The molecule has 4 aromatic rings. The fourth-order valence-corrected chi connectivity index (χ4v) is 3.29. The van der Waals surface area contributed by atoms with Gasteiger partial charge >= 0.3 is 0 Å². The fourth-order valence-electron chi connectivity index (χ4n) is 3.29. The monoisotopic (exact) mass is 371 g/mol. The predicted octanol–water partition coefficient (Wildman–Crippen LogP) is 5.00. The number of carbonyl (C=O) groups is 1. The van der Waals surface area contributed by atoms with Crippen LogP contribution in [0, 0.1) is 0 Å². The number of hydrogen-bond acceptors (Lipinski definition) is 4. The number of pyridine rings is 1. The summed E-state index contributed by atoms with van der Waals surface area (Å²) in [4.78, 5) is 20.9. The molecule has 0 saturated heterocycles. The summed E-state index contributed by atoms with van der Waals surface area (Å²) >= 11 is 0. The number of ketones is 1. The van der Waals surface area contributed by atoms with E-state index in [0.29, 0.717) is 17.9 Å². The van der Waals surface area contributed by atoms with E-state index in [0.717, 1.165) is 22.2 Å². The van der Waals surface area contributed by atoms with Crippen LogP contribution in [0.25, 0.3) is 10.9 Å². The molecular formula is C23H21N3O2. The van der Waals surface area contributed by atoms with Crippen molar-refractivity contribution >= 4 is 22.4 Å². The third-order valence-corrected chi connectivity index (χ3v) is 4.58. The molecule has 0 bridgehead atoms. The van der Waals surface area contributed by atoms with Gasteiger partial charge in [0.2, 0.25) is 0 Å². The van der Waals surface area contributed by atoms with E-state index in [2.05, 4.69) is 15.3 Å². The highest BCUT2D eigenvalue weighted by Crippen LogP contribution is 2.28. The van der Waals surface area contributed by atoms with E-state index in [1.807, 2.05) is 67.6 Å². The minimum Gasteiger partial charge on any atom is -0.492 e. The average Bonchev–Trinajstić information content (AvgIpc) is 3.17. The van der Waals surface area contributed by atoms with Gasteiger partial charge in [0.05, 0.1) is 24.7 Å². The van der Waals surface area contributed by atoms with E-state index in [-0.39, 0.29) is 5.78 Å².